The minimum Gasteiger partial charge on any atom is -0.336 e. The Labute approximate surface area is 90.1 Å². The highest BCUT2D eigenvalue weighted by Crippen LogP contribution is 2.02. The molecule has 4 heteroatoms. The van der Waals surface area contributed by atoms with Crippen LogP contribution in [0, 0.1) is 6.92 Å². The van der Waals surface area contributed by atoms with Crippen LogP contribution in [0.4, 0.5) is 0 Å². The molecule has 0 aliphatic heterocycles. The van der Waals surface area contributed by atoms with E-state index in [-0.39, 0.29) is 5.91 Å². The lowest BCUT2D eigenvalue weighted by Gasteiger charge is -2.19. The molecule has 0 aromatic carbocycles. The number of aromatic nitrogens is 1. The molecular weight excluding hydrogens is 190 g/mol. The van der Waals surface area contributed by atoms with Crippen molar-refractivity contribution in [3.05, 3.63) is 29.6 Å². The number of likely N-dealkylation sites (N-methyl/N-ethyl adjacent to an activating group) is 1. The van der Waals surface area contributed by atoms with Crippen molar-refractivity contribution in [3.63, 3.8) is 0 Å². The Morgan fingerprint density at radius 2 is 2.27 bits per heavy atom. The number of pyridine rings is 1. The lowest BCUT2D eigenvalue weighted by molar-refractivity contribution is 0.0763. The number of carbonyl (C=O) groups excluding carboxylic acids is 1. The molecule has 1 aromatic heterocycles. The first-order valence-electron chi connectivity index (χ1n) is 5.12. The molecule has 0 aliphatic carbocycles. The number of aryl methyl sites for hydroxylation is 1. The quantitative estimate of drug-likeness (QED) is 0.794. The monoisotopic (exact) mass is 207 g/mol. The van der Waals surface area contributed by atoms with Crippen molar-refractivity contribution < 1.29 is 4.79 Å². The maximum Gasteiger partial charge on any atom is 0.272 e. The van der Waals surface area contributed by atoms with Gasteiger partial charge in [0.25, 0.3) is 5.91 Å². The zero-order valence-electron chi connectivity index (χ0n) is 9.23. The van der Waals surface area contributed by atoms with Gasteiger partial charge in [-0.05, 0) is 26.0 Å². The van der Waals surface area contributed by atoms with Gasteiger partial charge in [0.1, 0.15) is 5.69 Å². The predicted molar refractivity (Wildman–Crippen MR) is 59.6 cm³/mol. The molecule has 1 heterocycles. The Balaban J connectivity index is 2.82. The molecule has 4 nitrogen and oxygen atoms in total. The lowest BCUT2D eigenvalue weighted by Crippen LogP contribution is -2.35. The predicted octanol–water partition coefficient (Wildman–Crippen LogP) is 0.811. The number of amides is 1. The molecular formula is C11H17N3O. The molecule has 0 bridgehead atoms. The zero-order chi connectivity index (χ0) is 11.3. The number of nitrogens with zero attached hydrogens (tertiary/aromatic N) is 2. The molecule has 0 atom stereocenters. The summed E-state index contributed by atoms with van der Waals surface area (Å²) in [5.74, 6) is -0.0494. The highest BCUT2D eigenvalue weighted by atomic mass is 16.2. The first-order valence-corrected chi connectivity index (χ1v) is 5.12. The molecule has 0 saturated carbocycles. The number of rotatable bonds is 4. The molecule has 82 valence electrons. The average Bonchev–Trinajstić information content (AvgIpc) is 2.25. The molecule has 0 unspecified atom stereocenters. The smallest absolute Gasteiger partial charge is 0.272 e. The van der Waals surface area contributed by atoms with Crippen LogP contribution in [0.2, 0.25) is 0 Å². The summed E-state index contributed by atoms with van der Waals surface area (Å²) in [6, 6.07) is 5.44. The summed E-state index contributed by atoms with van der Waals surface area (Å²) in [6.45, 7) is 5.52. The van der Waals surface area contributed by atoms with Crippen molar-refractivity contribution in [2.75, 3.05) is 19.6 Å². The van der Waals surface area contributed by atoms with Crippen LogP contribution in [0.5, 0.6) is 0 Å². The summed E-state index contributed by atoms with van der Waals surface area (Å²) in [6.07, 6.45) is 0. The Morgan fingerprint density at radius 1 is 1.53 bits per heavy atom. The largest absolute Gasteiger partial charge is 0.336 e. The van der Waals surface area contributed by atoms with Gasteiger partial charge in [-0.1, -0.05) is 6.07 Å². The second-order valence-corrected chi connectivity index (χ2v) is 3.34. The number of carbonyl (C=O) groups is 1. The zero-order valence-corrected chi connectivity index (χ0v) is 9.23. The molecule has 0 spiro atoms. The van der Waals surface area contributed by atoms with Crippen molar-refractivity contribution >= 4 is 5.91 Å². The van der Waals surface area contributed by atoms with E-state index in [4.69, 9.17) is 5.73 Å². The van der Waals surface area contributed by atoms with Gasteiger partial charge < -0.3 is 10.6 Å². The molecule has 0 radical (unpaired) electrons. The van der Waals surface area contributed by atoms with E-state index in [9.17, 15) is 4.79 Å². The van der Waals surface area contributed by atoms with Crippen LogP contribution in [0.15, 0.2) is 18.2 Å². The van der Waals surface area contributed by atoms with Gasteiger partial charge in [0.15, 0.2) is 0 Å². The molecule has 1 aromatic rings. The number of hydrogen-bond acceptors (Lipinski definition) is 3. The average molecular weight is 207 g/mol. The third kappa shape index (κ3) is 3.02. The van der Waals surface area contributed by atoms with E-state index in [0.29, 0.717) is 25.3 Å². The normalized spacial score (nSPS) is 10.1. The fraction of sp³-hybridized carbons (Fsp3) is 0.455. The van der Waals surface area contributed by atoms with Crippen LogP contribution < -0.4 is 5.73 Å². The van der Waals surface area contributed by atoms with Crippen molar-refractivity contribution in [3.8, 4) is 0 Å². The van der Waals surface area contributed by atoms with Crippen LogP contribution in [-0.2, 0) is 0 Å². The van der Waals surface area contributed by atoms with Crippen LogP contribution >= 0.6 is 0 Å². The number of nitrogens with two attached hydrogens (primary N) is 1. The van der Waals surface area contributed by atoms with Crippen molar-refractivity contribution in [2.24, 2.45) is 5.73 Å². The minimum atomic E-state index is -0.0494. The maximum atomic E-state index is 11.9. The molecule has 0 saturated heterocycles. The van der Waals surface area contributed by atoms with Crippen LogP contribution in [0.1, 0.15) is 23.1 Å². The molecule has 0 fully saturated rings. The van der Waals surface area contributed by atoms with Gasteiger partial charge in [0.2, 0.25) is 0 Å². The topological polar surface area (TPSA) is 59.2 Å². The van der Waals surface area contributed by atoms with Crippen LogP contribution in [0.3, 0.4) is 0 Å². The molecule has 1 rings (SSSR count). The second-order valence-electron chi connectivity index (χ2n) is 3.34. The van der Waals surface area contributed by atoms with Gasteiger partial charge in [0.05, 0.1) is 0 Å². The summed E-state index contributed by atoms with van der Waals surface area (Å²) < 4.78 is 0. The van der Waals surface area contributed by atoms with Gasteiger partial charge in [-0.2, -0.15) is 0 Å². The number of hydrogen-bond donors (Lipinski definition) is 1. The van der Waals surface area contributed by atoms with Crippen molar-refractivity contribution in [2.45, 2.75) is 13.8 Å². The van der Waals surface area contributed by atoms with Gasteiger partial charge >= 0.3 is 0 Å². The second kappa shape index (κ2) is 5.46. The summed E-state index contributed by atoms with van der Waals surface area (Å²) in [4.78, 5) is 17.8. The highest BCUT2D eigenvalue weighted by molar-refractivity contribution is 5.92. The Morgan fingerprint density at radius 3 is 2.80 bits per heavy atom. The summed E-state index contributed by atoms with van der Waals surface area (Å²) in [5.41, 5.74) is 6.78. The van der Waals surface area contributed by atoms with Gasteiger partial charge in [-0.3, -0.25) is 4.79 Å². The van der Waals surface area contributed by atoms with E-state index >= 15 is 0 Å². The molecule has 0 aliphatic rings. The third-order valence-corrected chi connectivity index (χ3v) is 2.18. The SMILES string of the molecule is CCN(CCN)C(=O)c1cccc(C)n1. The fourth-order valence-corrected chi connectivity index (χ4v) is 1.38. The first-order chi connectivity index (χ1) is 7.19. The van der Waals surface area contributed by atoms with E-state index in [0.717, 1.165) is 5.69 Å². The molecule has 1 amide bonds. The third-order valence-electron chi connectivity index (χ3n) is 2.18. The van der Waals surface area contributed by atoms with Gasteiger partial charge in [-0.25, -0.2) is 4.98 Å². The first kappa shape index (κ1) is 11.7. The molecule has 15 heavy (non-hydrogen) atoms. The van der Waals surface area contributed by atoms with E-state index in [1.165, 1.54) is 0 Å². The highest BCUT2D eigenvalue weighted by Gasteiger charge is 2.14. The van der Waals surface area contributed by atoms with Crippen molar-refractivity contribution in [1.82, 2.24) is 9.88 Å². The standard InChI is InChI=1S/C11H17N3O/c1-3-14(8-7-12)11(15)10-6-4-5-9(2)13-10/h4-6H,3,7-8,12H2,1-2H3. The summed E-state index contributed by atoms with van der Waals surface area (Å²) in [7, 11) is 0. The maximum absolute atomic E-state index is 11.9. The van der Waals surface area contributed by atoms with E-state index in [1.807, 2.05) is 26.0 Å². The summed E-state index contributed by atoms with van der Waals surface area (Å²) >= 11 is 0. The Hall–Kier alpha value is -1.42. The lowest BCUT2D eigenvalue weighted by atomic mass is 10.3. The fourth-order valence-electron chi connectivity index (χ4n) is 1.38. The van der Waals surface area contributed by atoms with E-state index in [1.54, 1.807) is 11.0 Å². The Kier molecular flexibility index (Phi) is 4.24. The van der Waals surface area contributed by atoms with Crippen LogP contribution in [0.25, 0.3) is 0 Å². The summed E-state index contributed by atoms with van der Waals surface area (Å²) in [5, 5.41) is 0. The van der Waals surface area contributed by atoms with Crippen LogP contribution in [-0.4, -0.2) is 35.4 Å². The van der Waals surface area contributed by atoms with Crippen molar-refractivity contribution in [1.29, 1.82) is 0 Å². The van der Waals surface area contributed by atoms with E-state index in [2.05, 4.69) is 4.98 Å². The van der Waals surface area contributed by atoms with Gasteiger partial charge in [0, 0.05) is 25.3 Å². The Bertz CT molecular complexity index is 338. The minimum absolute atomic E-state index is 0.0494. The molecule has 2 N–H and O–H groups in total. The van der Waals surface area contributed by atoms with E-state index < -0.39 is 0 Å². The van der Waals surface area contributed by atoms with Gasteiger partial charge in [-0.15, -0.1) is 0 Å².